The number of fused-ring (bicyclic) bond motifs is 24. The highest BCUT2D eigenvalue weighted by Gasteiger charge is 2.52. The number of hydrogen-bond acceptors (Lipinski definition) is 9. The average Bonchev–Trinajstić information content (AvgIpc) is 1.51. The van der Waals surface area contributed by atoms with Crippen molar-refractivity contribution in [2.45, 2.75) is 21.1 Å². The molecule has 1 aliphatic heterocycles. The number of benzene rings is 21. The molecule has 137 heavy (non-hydrogen) atoms. The summed E-state index contributed by atoms with van der Waals surface area (Å²) in [5.41, 5.74) is 31.3. The topological polar surface area (TPSA) is 36.0 Å². The van der Waals surface area contributed by atoms with Crippen molar-refractivity contribution < 1.29 is 8.83 Å². The van der Waals surface area contributed by atoms with Gasteiger partial charge >= 0.3 is 0 Å². The molecule has 642 valence electrons. The maximum absolute atomic E-state index is 7.09. The van der Waals surface area contributed by atoms with E-state index < -0.39 is 5.41 Å². The molecule has 0 saturated carbocycles. The second-order valence-electron chi connectivity index (χ2n) is 35.9. The van der Waals surface area contributed by atoms with Gasteiger partial charge in [0.25, 0.3) is 0 Å². The van der Waals surface area contributed by atoms with Crippen LogP contribution in [0.25, 0.3) is 160 Å². The molecule has 0 fully saturated rings. The Morgan fingerprint density at radius 3 is 1.34 bits per heavy atom. The zero-order valence-electron chi connectivity index (χ0n) is 73.9. The van der Waals surface area contributed by atoms with Crippen LogP contribution < -0.4 is 14.7 Å². The third-order valence-electron chi connectivity index (χ3n) is 28.3. The average molecular weight is 1820 g/mol. The molecule has 5 aromatic heterocycles. The normalized spacial score (nSPS) is 13.5. The van der Waals surface area contributed by atoms with Crippen LogP contribution in [-0.4, -0.2) is 0 Å². The van der Waals surface area contributed by atoms with Gasteiger partial charge in [-0.3, -0.25) is 0 Å². The smallest absolute Gasteiger partial charge is 0.143 e. The zero-order valence-corrected chi connectivity index (χ0v) is 77.2. The lowest BCUT2D eigenvalue weighted by molar-refractivity contribution is 0.669. The molecule has 1 aliphatic carbocycles. The van der Waals surface area contributed by atoms with Gasteiger partial charge in [-0.2, -0.15) is 0 Å². The van der Waals surface area contributed by atoms with Gasteiger partial charge in [-0.05, 0) is 224 Å². The van der Waals surface area contributed by atoms with Crippen LogP contribution in [0.5, 0.6) is 0 Å². The van der Waals surface area contributed by atoms with E-state index in [-0.39, 0.29) is 5.92 Å². The summed E-state index contributed by atoms with van der Waals surface area (Å²) in [6, 6.07) is 177. The first-order valence-corrected chi connectivity index (χ1v) is 49.9. The minimum Gasteiger partial charge on any atom is -0.455 e. The van der Waals surface area contributed by atoms with Crippen LogP contribution in [0, 0.1) is 0 Å². The van der Waals surface area contributed by atoms with E-state index in [2.05, 4.69) is 488 Å². The largest absolute Gasteiger partial charge is 0.455 e. The fraction of sp³-hybridized carbons (Fsp3) is 0.0156. The van der Waals surface area contributed by atoms with Gasteiger partial charge in [-0.25, -0.2) is 0 Å². The van der Waals surface area contributed by atoms with E-state index in [9.17, 15) is 0 Å². The maximum atomic E-state index is 7.09. The summed E-state index contributed by atoms with van der Waals surface area (Å²) in [4.78, 5) is 9.94. The Labute approximate surface area is 807 Å². The number of anilines is 9. The molecular weight excluding hydrogens is 1740 g/mol. The lowest BCUT2D eigenvalue weighted by Gasteiger charge is -2.41. The molecule has 0 radical (unpaired) electrons. The Kier molecular flexibility index (Phi) is 18.5. The van der Waals surface area contributed by atoms with Gasteiger partial charge in [0.1, 0.15) is 22.3 Å². The van der Waals surface area contributed by atoms with Crippen molar-refractivity contribution in [1.82, 2.24) is 0 Å². The minimum absolute atomic E-state index is 0.215. The predicted molar refractivity (Wildman–Crippen MR) is 581 cm³/mol. The Morgan fingerprint density at radius 1 is 0.226 bits per heavy atom. The number of para-hydroxylation sites is 6. The van der Waals surface area contributed by atoms with Crippen molar-refractivity contribution in [2.24, 2.45) is 0 Å². The molecule has 1 spiro atoms. The number of thiophene rings is 3. The van der Waals surface area contributed by atoms with E-state index in [1.165, 1.54) is 115 Å². The van der Waals surface area contributed by atoms with E-state index in [1.54, 1.807) is 0 Å². The molecule has 2 aliphatic rings. The van der Waals surface area contributed by atoms with Crippen molar-refractivity contribution in [2.75, 3.05) is 14.7 Å². The highest BCUT2D eigenvalue weighted by Crippen LogP contribution is 2.67. The summed E-state index contributed by atoms with van der Waals surface area (Å²) in [5.74, 6) is -0.215. The molecule has 2 unspecified atom stereocenters. The van der Waals surface area contributed by atoms with Crippen LogP contribution in [0.1, 0.15) is 44.9 Å². The standard InChI is InChI=1S/C128H79N3O2S4/c1-8-34-79(35-9-1)84-68-105(122-98-51-25-30-60-115(98)134-119(122)71-84)121(82-40-14-4-15-41-82)83-62-65-107-117(70-83)136-118-78-90(130(87-44-18-6-19-45-87)111-69-85(80-36-10-2-11-37-80)72-120-124(111)99-52-26-31-61-116(99)135-120)64-67-108(118)128(107)106-66-63-89(129(86-42-16-5-17-43-86)91-76-102-95-50-24-29-59-114(95)137-127(102)103(77-91)97-54-32-53-96-93-48-22-27-57-112(93)132-125(96)97)73-104(106)123-109(128)55-33-56-110(123)131(88-46-20-7-21-47-88)92-74-100(81-38-12-3-13-39-81)126-101(75-92)94-49-23-28-58-113(94)133-126/h1-78,121H. The van der Waals surface area contributed by atoms with E-state index in [0.29, 0.717) is 0 Å². The fourth-order valence-corrected chi connectivity index (χ4v) is 27.3. The second-order valence-corrected chi connectivity index (χ2v) is 40.2. The van der Waals surface area contributed by atoms with Gasteiger partial charge in [0.05, 0.1) is 16.8 Å². The molecule has 21 aromatic carbocycles. The first-order chi connectivity index (χ1) is 67.9. The van der Waals surface area contributed by atoms with Crippen LogP contribution in [0.2, 0.25) is 0 Å². The van der Waals surface area contributed by atoms with Gasteiger partial charge in [0, 0.05) is 160 Å². The predicted octanol–water partition coefficient (Wildman–Crippen LogP) is 37.7. The quantitative estimate of drug-likeness (QED) is 0.0898. The van der Waals surface area contributed by atoms with Gasteiger partial charge in [-0.15, -0.1) is 34.0 Å². The summed E-state index contributed by atoms with van der Waals surface area (Å²) in [6.45, 7) is 0. The van der Waals surface area contributed by atoms with Gasteiger partial charge in [-0.1, -0.05) is 333 Å². The SMILES string of the molecule is c1ccc(-c2cc(C(c3ccccc3)c3ccc4c(c3)Sc3cc(N(c5ccccc5)c5cc(-c6ccccc6)cc6sc7ccccc7c56)ccc3C43c4ccc(N(c5ccccc5)c5cc(-c6cccc7c6oc6ccccc67)c6sc7ccccc7c6c5)cc4-c4c(N(c5ccccc5)c5cc(-c6ccccc6)c6oc7ccccc7c6c5)cccc43)c3c(c2)sc2ccccc23)cc1. The number of nitrogens with zero attached hydrogens (tertiary/aromatic N) is 3. The lowest BCUT2D eigenvalue weighted by atomic mass is 9.67. The van der Waals surface area contributed by atoms with Crippen molar-refractivity contribution in [3.8, 4) is 55.6 Å². The summed E-state index contributed by atoms with van der Waals surface area (Å²) < 4.78 is 21.6. The molecule has 0 N–H and O–H groups in total. The van der Waals surface area contributed by atoms with Crippen molar-refractivity contribution in [1.29, 1.82) is 0 Å². The minimum atomic E-state index is -1.01. The van der Waals surface area contributed by atoms with E-state index in [0.717, 1.165) is 144 Å². The Morgan fingerprint density at radius 2 is 0.686 bits per heavy atom. The molecule has 6 heterocycles. The first-order valence-electron chi connectivity index (χ1n) is 46.7. The highest BCUT2D eigenvalue weighted by atomic mass is 32.2. The van der Waals surface area contributed by atoms with Gasteiger partial charge in [0.2, 0.25) is 0 Å². The van der Waals surface area contributed by atoms with E-state index in [4.69, 9.17) is 8.83 Å². The Hall–Kier alpha value is -16.4. The number of furan rings is 2. The van der Waals surface area contributed by atoms with Crippen molar-refractivity contribution in [3.05, 3.63) is 512 Å². The molecule has 26 aromatic rings. The molecular formula is C128H79N3O2S4. The van der Waals surface area contributed by atoms with Crippen LogP contribution in [0.4, 0.5) is 51.2 Å². The van der Waals surface area contributed by atoms with Crippen molar-refractivity contribution >= 4 is 201 Å². The zero-order chi connectivity index (χ0) is 89.9. The third-order valence-corrected chi connectivity index (χ3v) is 32.9. The monoisotopic (exact) mass is 1820 g/mol. The van der Waals surface area contributed by atoms with Crippen LogP contribution >= 0.6 is 45.8 Å². The summed E-state index contributed by atoms with van der Waals surface area (Å²) in [6.07, 6.45) is 0. The Bertz CT molecular complexity index is 9100. The summed E-state index contributed by atoms with van der Waals surface area (Å²) >= 11 is 7.51. The summed E-state index contributed by atoms with van der Waals surface area (Å²) in [5, 5.41) is 11.6. The molecule has 0 saturated heterocycles. The number of hydrogen-bond donors (Lipinski definition) is 0. The molecule has 2 atom stereocenters. The van der Waals surface area contributed by atoms with Gasteiger partial charge < -0.3 is 23.5 Å². The molecule has 0 bridgehead atoms. The number of rotatable bonds is 16. The Balaban J connectivity index is 0.749. The first kappa shape index (κ1) is 79.2. The summed E-state index contributed by atoms with van der Waals surface area (Å²) in [7, 11) is 0. The van der Waals surface area contributed by atoms with Gasteiger partial charge in [0.15, 0.2) is 0 Å². The maximum Gasteiger partial charge on any atom is 0.143 e. The van der Waals surface area contributed by atoms with Crippen LogP contribution in [0.15, 0.2) is 492 Å². The molecule has 9 heteroatoms. The second kappa shape index (κ2) is 31.9. The molecule has 0 amide bonds. The third kappa shape index (κ3) is 12.7. The van der Waals surface area contributed by atoms with Crippen molar-refractivity contribution in [3.63, 3.8) is 0 Å². The molecule has 28 rings (SSSR count). The molecule has 5 nitrogen and oxygen atoms in total. The highest BCUT2D eigenvalue weighted by molar-refractivity contribution is 7.99. The fourth-order valence-electron chi connectivity index (χ4n) is 22.5. The lowest BCUT2D eigenvalue weighted by Crippen LogP contribution is -2.32. The van der Waals surface area contributed by atoms with Crippen LogP contribution in [0.3, 0.4) is 0 Å². The van der Waals surface area contributed by atoms with E-state index >= 15 is 0 Å². The van der Waals surface area contributed by atoms with E-state index in [1.807, 2.05) is 45.8 Å². The van der Waals surface area contributed by atoms with Crippen LogP contribution in [-0.2, 0) is 5.41 Å².